The van der Waals surface area contributed by atoms with Crippen molar-refractivity contribution in [2.75, 3.05) is 6.61 Å². The molecule has 0 spiro atoms. The zero-order valence-corrected chi connectivity index (χ0v) is 7.18. The van der Waals surface area contributed by atoms with Crippen molar-refractivity contribution in [3.63, 3.8) is 0 Å². The first kappa shape index (κ1) is 8.26. The van der Waals surface area contributed by atoms with E-state index in [1.165, 1.54) is 0 Å². The van der Waals surface area contributed by atoms with Gasteiger partial charge in [-0.25, -0.2) is 0 Å². The van der Waals surface area contributed by atoms with Gasteiger partial charge in [0.15, 0.2) is 6.10 Å². The molecule has 0 radical (unpaired) electrons. The van der Waals surface area contributed by atoms with Crippen LogP contribution in [-0.2, 0) is 4.84 Å². The number of aliphatic hydroxyl groups is 1. The molecule has 3 nitrogen and oxygen atoms in total. The standard InChI is InChI=1S/C10H11NO2/c12-7-9-6-10(11-13-9)8-4-2-1-3-5-8/h1-5,9,12H,6-7H2/t9-/m0/s1. The molecule has 0 amide bonds. The third kappa shape index (κ3) is 1.70. The second-order valence-corrected chi connectivity index (χ2v) is 3.02. The summed E-state index contributed by atoms with van der Waals surface area (Å²) < 4.78 is 0. The fourth-order valence-electron chi connectivity index (χ4n) is 1.33. The van der Waals surface area contributed by atoms with Gasteiger partial charge in [-0.1, -0.05) is 35.5 Å². The maximum atomic E-state index is 8.83. The van der Waals surface area contributed by atoms with Gasteiger partial charge in [0.05, 0.1) is 12.3 Å². The van der Waals surface area contributed by atoms with Crippen LogP contribution in [0.15, 0.2) is 35.5 Å². The van der Waals surface area contributed by atoms with E-state index < -0.39 is 0 Å². The first-order valence-electron chi connectivity index (χ1n) is 4.29. The summed E-state index contributed by atoms with van der Waals surface area (Å²) in [7, 11) is 0. The molecule has 1 aliphatic heterocycles. The fourth-order valence-corrected chi connectivity index (χ4v) is 1.33. The number of benzene rings is 1. The normalized spacial score (nSPS) is 21.0. The maximum absolute atomic E-state index is 8.83. The van der Waals surface area contributed by atoms with E-state index in [0.717, 1.165) is 11.3 Å². The van der Waals surface area contributed by atoms with Gasteiger partial charge in [-0.3, -0.25) is 0 Å². The Morgan fingerprint density at radius 3 is 2.77 bits per heavy atom. The van der Waals surface area contributed by atoms with Gasteiger partial charge in [-0.15, -0.1) is 0 Å². The predicted octanol–water partition coefficient (Wildman–Crippen LogP) is 1.17. The zero-order valence-electron chi connectivity index (χ0n) is 7.18. The zero-order chi connectivity index (χ0) is 9.10. The van der Waals surface area contributed by atoms with Gasteiger partial charge in [0.1, 0.15) is 0 Å². The fraction of sp³-hybridized carbons (Fsp3) is 0.300. The molecule has 68 valence electrons. The van der Waals surface area contributed by atoms with Crippen LogP contribution in [0.2, 0.25) is 0 Å². The Hall–Kier alpha value is -1.35. The number of oxime groups is 1. The average Bonchev–Trinajstić information content (AvgIpc) is 2.67. The summed E-state index contributed by atoms with van der Waals surface area (Å²) >= 11 is 0. The van der Waals surface area contributed by atoms with Crippen LogP contribution in [0.25, 0.3) is 0 Å². The number of aliphatic hydroxyl groups excluding tert-OH is 1. The molecule has 0 saturated carbocycles. The minimum absolute atomic E-state index is 0.0276. The highest BCUT2D eigenvalue weighted by Gasteiger charge is 2.20. The van der Waals surface area contributed by atoms with E-state index in [0.29, 0.717) is 6.42 Å². The number of rotatable bonds is 2. The van der Waals surface area contributed by atoms with Crippen molar-refractivity contribution in [1.82, 2.24) is 0 Å². The van der Waals surface area contributed by atoms with Crippen molar-refractivity contribution >= 4 is 5.71 Å². The molecule has 0 bridgehead atoms. The lowest BCUT2D eigenvalue weighted by Gasteiger charge is -2.01. The molecule has 1 N–H and O–H groups in total. The van der Waals surface area contributed by atoms with Gasteiger partial charge in [0, 0.05) is 6.42 Å². The minimum atomic E-state index is -0.157. The highest BCUT2D eigenvalue weighted by atomic mass is 16.6. The van der Waals surface area contributed by atoms with Crippen LogP contribution in [-0.4, -0.2) is 23.5 Å². The first-order chi connectivity index (χ1) is 6.40. The summed E-state index contributed by atoms with van der Waals surface area (Å²) in [6.07, 6.45) is 0.538. The van der Waals surface area contributed by atoms with Crippen LogP contribution in [0.3, 0.4) is 0 Å². The van der Waals surface area contributed by atoms with Gasteiger partial charge in [-0.05, 0) is 5.56 Å². The molecule has 1 aliphatic rings. The molecular weight excluding hydrogens is 166 g/mol. The molecular formula is C10H11NO2. The van der Waals surface area contributed by atoms with E-state index in [1.54, 1.807) is 0 Å². The molecule has 0 fully saturated rings. The molecule has 1 aromatic carbocycles. The van der Waals surface area contributed by atoms with E-state index >= 15 is 0 Å². The van der Waals surface area contributed by atoms with E-state index in [9.17, 15) is 0 Å². The molecule has 3 heteroatoms. The van der Waals surface area contributed by atoms with E-state index in [-0.39, 0.29) is 12.7 Å². The highest BCUT2D eigenvalue weighted by Crippen LogP contribution is 2.15. The van der Waals surface area contributed by atoms with Crippen molar-refractivity contribution < 1.29 is 9.94 Å². The Morgan fingerprint density at radius 2 is 2.15 bits per heavy atom. The van der Waals surface area contributed by atoms with Crippen molar-refractivity contribution in [3.05, 3.63) is 35.9 Å². The molecule has 0 saturated heterocycles. The number of hydrogen-bond acceptors (Lipinski definition) is 3. The Balaban J connectivity index is 2.12. The summed E-state index contributed by atoms with van der Waals surface area (Å²) in [5.41, 5.74) is 1.98. The second-order valence-electron chi connectivity index (χ2n) is 3.02. The third-order valence-corrected chi connectivity index (χ3v) is 2.04. The lowest BCUT2D eigenvalue weighted by Crippen LogP contribution is -2.12. The quantitative estimate of drug-likeness (QED) is 0.736. The summed E-state index contributed by atoms with van der Waals surface area (Å²) in [5.74, 6) is 0. The van der Waals surface area contributed by atoms with Crippen LogP contribution >= 0.6 is 0 Å². The smallest absolute Gasteiger partial charge is 0.156 e. The molecule has 0 aromatic heterocycles. The topological polar surface area (TPSA) is 41.8 Å². The first-order valence-corrected chi connectivity index (χ1v) is 4.29. The lowest BCUT2D eigenvalue weighted by atomic mass is 10.1. The van der Waals surface area contributed by atoms with Crippen LogP contribution in [0.1, 0.15) is 12.0 Å². The predicted molar refractivity (Wildman–Crippen MR) is 49.6 cm³/mol. The average molecular weight is 177 g/mol. The molecule has 0 aliphatic carbocycles. The Kier molecular flexibility index (Phi) is 2.27. The third-order valence-electron chi connectivity index (χ3n) is 2.04. The lowest BCUT2D eigenvalue weighted by molar-refractivity contribution is 0.0390. The molecule has 0 unspecified atom stereocenters. The van der Waals surface area contributed by atoms with Gasteiger partial charge < -0.3 is 9.94 Å². The van der Waals surface area contributed by atoms with Crippen molar-refractivity contribution in [1.29, 1.82) is 0 Å². The van der Waals surface area contributed by atoms with E-state index in [1.807, 2.05) is 30.3 Å². The minimum Gasteiger partial charge on any atom is -0.392 e. The van der Waals surface area contributed by atoms with Gasteiger partial charge in [0.2, 0.25) is 0 Å². The second kappa shape index (κ2) is 3.58. The Morgan fingerprint density at radius 1 is 1.38 bits per heavy atom. The Labute approximate surface area is 76.6 Å². The van der Waals surface area contributed by atoms with Gasteiger partial charge >= 0.3 is 0 Å². The van der Waals surface area contributed by atoms with Gasteiger partial charge in [0.25, 0.3) is 0 Å². The SMILES string of the molecule is OC[C@@H]1CC(c2ccccc2)=NO1. The molecule has 1 aromatic rings. The maximum Gasteiger partial charge on any atom is 0.156 e. The molecule has 1 heterocycles. The summed E-state index contributed by atoms with van der Waals surface area (Å²) in [5, 5.41) is 12.7. The van der Waals surface area contributed by atoms with Crippen LogP contribution in [0.4, 0.5) is 0 Å². The van der Waals surface area contributed by atoms with Crippen molar-refractivity contribution in [3.8, 4) is 0 Å². The summed E-state index contributed by atoms with van der Waals surface area (Å²) in [6.45, 7) is 0.0276. The van der Waals surface area contributed by atoms with Crippen molar-refractivity contribution in [2.45, 2.75) is 12.5 Å². The van der Waals surface area contributed by atoms with E-state index in [2.05, 4.69) is 5.16 Å². The van der Waals surface area contributed by atoms with E-state index in [4.69, 9.17) is 9.94 Å². The van der Waals surface area contributed by atoms with Crippen molar-refractivity contribution in [2.24, 2.45) is 5.16 Å². The largest absolute Gasteiger partial charge is 0.392 e. The van der Waals surface area contributed by atoms with Crippen LogP contribution < -0.4 is 0 Å². The monoisotopic (exact) mass is 177 g/mol. The summed E-state index contributed by atoms with van der Waals surface area (Å²) in [6, 6.07) is 9.86. The number of hydrogen-bond donors (Lipinski definition) is 1. The molecule has 1 atom stereocenters. The Bertz CT molecular complexity index is 308. The van der Waals surface area contributed by atoms with Crippen LogP contribution in [0.5, 0.6) is 0 Å². The molecule has 13 heavy (non-hydrogen) atoms. The number of nitrogens with zero attached hydrogens (tertiary/aromatic N) is 1. The molecule has 2 rings (SSSR count). The van der Waals surface area contributed by atoms with Gasteiger partial charge in [-0.2, -0.15) is 0 Å². The highest BCUT2D eigenvalue weighted by molar-refractivity contribution is 6.01. The van der Waals surface area contributed by atoms with Crippen LogP contribution in [0, 0.1) is 0 Å². The summed E-state index contributed by atoms with van der Waals surface area (Å²) in [4.78, 5) is 5.01.